The van der Waals surface area contributed by atoms with Crippen molar-refractivity contribution in [1.82, 2.24) is 83.8 Å². The van der Waals surface area contributed by atoms with Crippen LogP contribution in [0.25, 0.3) is 45.4 Å². The van der Waals surface area contributed by atoms with Crippen LogP contribution < -0.4 is 32.4 Å². The number of nitrogen functional groups attached to an aromatic ring is 4. The Labute approximate surface area is 577 Å². The fourth-order valence-corrected chi connectivity index (χ4v) is 13.2. The zero-order valence-corrected chi connectivity index (χ0v) is 58.0. The summed E-state index contributed by atoms with van der Waals surface area (Å²) in [6.45, 7) is 17.9. The van der Waals surface area contributed by atoms with E-state index in [1.165, 1.54) is 60.9 Å². The molecule has 6 aromatic heterocycles. The quantitative estimate of drug-likeness (QED) is 0.0879. The van der Waals surface area contributed by atoms with Crippen molar-refractivity contribution < 1.29 is 28.5 Å². The molecular formula is C72H89N21O6. The number of hydrogen-bond donors (Lipinski definition) is 4. The number of nitrogens with zero attached hydrogens (tertiary/aromatic N) is 17. The first kappa shape index (κ1) is 68.9. The summed E-state index contributed by atoms with van der Waals surface area (Å²) in [6, 6.07) is 14.9. The fourth-order valence-electron chi connectivity index (χ4n) is 13.2. The van der Waals surface area contributed by atoms with Crippen LogP contribution in [0.4, 0.5) is 23.3 Å². The second-order valence-electron chi connectivity index (χ2n) is 26.4. The van der Waals surface area contributed by atoms with Crippen molar-refractivity contribution >= 4 is 35.1 Å². The molecule has 2 fully saturated rings. The molecule has 8 N–H and O–H groups in total. The third-order valence-corrected chi connectivity index (χ3v) is 18.9. The van der Waals surface area contributed by atoms with Crippen molar-refractivity contribution in [3.05, 3.63) is 159 Å². The van der Waals surface area contributed by atoms with Crippen LogP contribution in [0.5, 0.6) is 11.6 Å². The van der Waals surface area contributed by atoms with Crippen LogP contribution in [0.15, 0.2) is 92.0 Å². The second-order valence-corrected chi connectivity index (χ2v) is 26.4. The van der Waals surface area contributed by atoms with Crippen LogP contribution in [0.1, 0.15) is 82.8 Å². The Morgan fingerprint density at radius 1 is 0.596 bits per heavy atom. The first-order valence-corrected chi connectivity index (χ1v) is 33.5. The van der Waals surface area contributed by atoms with Crippen LogP contribution in [-0.2, 0) is 55.0 Å². The summed E-state index contributed by atoms with van der Waals surface area (Å²) in [4.78, 5) is 69.6. The van der Waals surface area contributed by atoms with E-state index < -0.39 is 0 Å². The van der Waals surface area contributed by atoms with Crippen LogP contribution in [-0.4, -0.2) is 216 Å². The average molecular weight is 1340 g/mol. The van der Waals surface area contributed by atoms with Gasteiger partial charge in [-0.1, -0.05) is 0 Å². The van der Waals surface area contributed by atoms with Gasteiger partial charge in [0.25, 0.3) is 17.7 Å². The summed E-state index contributed by atoms with van der Waals surface area (Å²) < 4.78 is 25.6. The van der Waals surface area contributed by atoms with Crippen molar-refractivity contribution in [3.8, 4) is 57.0 Å². The van der Waals surface area contributed by atoms with Gasteiger partial charge in [0.2, 0.25) is 0 Å². The molecule has 0 aliphatic carbocycles. The summed E-state index contributed by atoms with van der Waals surface area (Å²) in [5.41, 5.74) is 43.4. The summed E-state index contributed by atoms with van der Waals surface area (Å²) >= 11 is 0. The Balaban J connectivity index is 0.000000141. The lowest BCUT2D eigenvalue weighted by atomic mass is 9.92. The number of pyridine rings is 1. The summed E-state index contributed by atoms with van der Waals surface area (Å²) in [5, 5.41) is 8.69. The highest BCUT2D eigenvalue weighted by molar-refractivity contribution is 5.94. The van der Waals surface area contributed by atoms with Gasteiger partial charge in [-0.2, -0.15) is 10.2 Å². The summed E-state index contributed by atoms with van der Waals surface area (Å²) in [7, 11) is 11.8. The smallest absolute Gasteiger partial charge is 0.258 e. The number of hydrogen-bond acceptors (Lipinski definition) is 23. The van der Waals surface area contributed by atoms with Gasteiger partial charge < -0.3 is 71.3 Å². The lowest BCUT2D eigenvalue weighted by Crippen LogP contribution is -2.47. The number of fused-ring (bicyclic) bond motifs is 3. The van der Waals surface area contributed by atoms with Gasteiger partial charge in [-0.25, -0.2) is 44.3 Å². The predicted octanol–water partition coefficient (Wildman–Crippen LogP) is 6.27. The van der Waals surface area contributed by atoms with Gasteiger partial charge in [-0.3, -0.25) is 9.59 Å². The molecule has 11 heterocycles. The Morgan fingerprint density at radius 3 is 1.60 bits per heavy atom. The summed E-state index contributed by atoms with van der Waals surface area (Å²) in [5.74, 6) is 2.50. The molecule has 3 aromatic carbocycles. The minimum Gasteiger partial charge on any atom is -0.484 e. The molecule has 27 heteroatoms. The number of likely N-dealkylation sites (N-methyl/N-ethyl adjacent to an activating group) is 5. The van der Waals surface area contributed by atoms with E-state index in [-0.39, 0.29) is 47.9 Å². The molecule has 2 amide bonds. The number of aromatic nitrogens is 11. The molecular weight excluding hydrogens is 1250 g/mol. The van der Waals surface area contributed by atoms with Crippen LogP contribution >= 0.6 is 0 Å². The SMILES string of the molecule is COCCN(C)C(=O)c1cnn(-c2nc(-c3cc(C)c4c(c3)CN(C)CC4)cnc2N)c1.Cc1cc(-c2cnc(N)c(-n3cc(C(=O)N4CCN(C)CC4)cn3)n2)cc2c1CCN(C)C2.Cc1cc(-c2cnc(N)c(OCc3ccnc(N)c3O[C@H]3CCOC3)n2)cc2c1CCN(C)C2. The van der Waals surface area contributed by atoms with Gasteiger partial charge in [-0.05, 0) is 161 Å². The standard InChI is InChI=1S/C25H30N6O3.C24H30N8O.C23H29N7O2/c1-15-9-17(10-18-12-31(2)7-4-20(15)18)21-11-29-24(27)25(30-21)33-13-16-3-6-28-23(26)22(16)34-19-5-8-32-14-19;1-16-10-17(11-18-14-30(3)5-4-20(16)18)21-13-26-22(25)23(28-21)32-15-19(12-27-32)24(33)31-8-6-29(2)7-9-31;1-15-9-16(10-17-13-28(2)6-5-19(15)17)20-12-25-21(24)22(27-20)30-14-18(11-26-30)23(31)29(3)7-8-32-4/h3,6,9-11,19H,4-5,7-8,12-14H2,1-2H3,(H2,26,28)(H2,27,29);10-13,15H,4-9,14H2,1-3H3,(H2,25,26);9-12,14H,5-8,13H2,1-4H3,(H2,24,25)/t19-;;/m0../s1. The van der Waals surface area contributed by atoms with Gasteiger partial charge in [0.1, 0.15) is 12.7 Å². The molecule has 14 rings (SSSR count). The number of ether oxygens (including phenoxy) is 4. The van der Waals surface area contributed by atoms with E-state index in [1.54, 1.807) is 67.1 Å². The van der Waals surface area contributed by atoms with Gasteiger partial charge in [0.05, 0.1) is 79.0 Å². The number of piperazine rings is 1. The van der Waals surface area contributed by atoms with Crippen LogP contribution in [0.2, 0.25) is 0 Å². The third kappa shape index (κ3) is 15.9. The maximum Gasteiger partial charge on any atom is 0.258 e. The Kier molecular flexibility index (Phi) is 21.1. The van der Waals surface area contributed by atoms with Crippen LogP contribution in [0.3, 0.4) is 0 Å². The van der Waals surface area contributed by atoms with Gasteiger partial charge in [0.15, 0.2) is 40.7 Å². The largest absolute Gasteiger partial charge is 0.484 e. The first-order chi connectivity index (χ1) is 47.7. The fraction of sp³-hybridized carbons (Fsp3) is 0.403. The van der Waals surface area contributed by atoms with E-state index in [4.69, 9.17) is 56.8 Å². The zero-order valence-electron chi connectivity index (χ0n) is 58.0. The molecule has 99 heavy (non-hydrogen) atoms. The predicted molar refractivity (Wildman–Crippen MR) is 379 cm³/mol. The lowest BCUT2D eigenvalue weighted by Gasteiger charge is -2.32. The van der Waals surface area contributed by atoms with Crippen molar-refractivity contribution in [2.45, 2.75) is 78.8 Å². The van der Waals surface area contributed by atoms with Gasteiger partial charge in [0, 0.05) is 133 Å². The molecule has 9 aromatic rings. The number of carbonyl (C=O) groups is 2. The van der Waals surface area contributed by atoms with Gasteiger partial charge >= 0.3 is 0 Å². The zero-order chi connectivity index (χ0) is 69.6. The van der Waals surface area contributed by atoms with E-state index in [9.17, 15) is 9.59 Å². The number of aryl methyl sites for hydroxylation is 3. The highest BCUT2D eigenvalue weighted by Gasteiger charge is 2.27. The molecule has 0 radical (unpaired) electrons. The highest BCUT2D eigenvalue weighted by atomic mass is 16.5. The Hall–Kier alpha value is -10.0. The van der Waals surface area contributed by atoms with Crippen molar-refractivity contribution in [3.63, 3.8) is 0 Å². The van der Waals surface area contributed by atoms with E-state index in [2.05, 4.69) is 135 Å². The molecule has 2 saturated heterocycles. The third-order valence-electron chi connectivity index (χ3n) is 18.9. The Morgan fingerprint density at radius 2 is 1.09 bits per heavy atom. The van der Waals surface area contributed by atoms with Crippen molar-refractivity contribution in [1.29, 1.82) is 0 Å². The van der Waals surface area contributed by atoms with Crippen molar-refractivity contribution in [2.24, 2.45) is 0 Å². The average Bonchev–Trinajstić information content (AvgIpc) is 1.54. The maximum absolute atomic E-state index is 12.9. The molecule has 0 spiro atoms. The monoisotopic (exact) mass is 1340 g/mol. The molecule has 27 nitrogen and oxygen atoms in total. The summed E-state index contributed by atoms with van der Waals surface area (Å²) in [6.07, 6.45) is 17.0. The lowest BCUT2D eigenvalue weighted by molar-refractivity contribution is 0.0663. The van der Waals surface area contributed by atoms with Crippen LogP contribution in [0, 0.1) is 20.8 Å². The van der Waals surface area contributed by atoms with E-state index in [0.717, 1.165) is 112 Å². The Bertz CT molecular complexity index is 4410. The molecule has 1 atom stereocenters. The molecule has 5 aliphatic rings. The van der Waals surface area contributed by atoms with E-state index in [1.807, 2.05) is 11.0 Å². The topological polar surface area (TPSA) is 320 Å². The minimum absolute atomic E-state index is 0.0218. The van der Waals surface area contributed by atoms with Gasteiger partial charge in [-0.15, -0.1) is 0 Å². The molecule has 0 unspecified atom stereocenters. The molecule has 518 valence electrons. The number of amides is 2. The van der Waals surface area contributed by atoms with E-state index >= 15 is 0 Å². The number of anilines is 4. The normalized spacial score (nSPS) is 16.4. The molecule has 0 saturated carbocycles. The number of benzene rings is 3. The highest BCUT2D eigenvalue weighted by Crippen LogP contribution is 2.35. The number of methoxy groups -OCH3 is 1. The maximum atomic E-state index is 12.9. The van der Waals surface area contributed by atoms with Crippen molar-refractivity contribution in [2.75, 3.05) is 137 Å². The number of nitrogens with two attached hydrogens (primary N) is 4. The molecule has 5 aliphatic heterocycles. The minimum atomic E-state index is -0.148. The molecule has 0 bridgehead atoms. The first-order valence-electron chi connectivity index (χ1n) is 33.5. The van der Waals surface area contributed by atoms with E-state index in [0.29, 0.717) is 79.5 Å². The number of carbonyl (C=O) groups excluding carboxylic acids is 2. The number of rotatable bonds is 15. The second kappa shape index (κ2) is 30.4.